The predicted octanol–water partition coefficient (Wildman–Crippen LogP) is 4.20. The summed E-state index contributed by atoms with van der Waals surface area (Å²) >= 11 is 0. The van der Waals surface area contributed by atoms with Gasteiger partial charge in [-0.2, -0.15) is 4.98 Å². The second kappa shape index (κ2) is 15.8. The van der Waals surface area contributed by atoms with Gasteiger partial charge in [-0.1, -0.05) is 37.8 Å². The number of sulfonamides is 1. The normalized spacial score (nSPS) is 31.4. The Morgan fingerprint density at radius 1 is 0.947 bits per heavy atom. The van der Waals surface area contributed by atoms with Gasteiger partial charge < -0.3 is 19.7 Å². The third-order valence-corrected chi connectivity index (χ3v) is 15.3. The maximum Gasteiger partial charge on any atom is 0.306 e. The molecule has 3 amide bonds. The maximum atomic E-state index is 14.9. The summed E-state index contributed by atoms with van der Waals surface area (Å²) in [5.41, 5.74) is -0.367. The van der Waals surface area contributed by atoms with Crippen molar-refractivity contribution in [2.24, 2.45) is 23.7 Å². The maximum absolute atomic E-state index is 14.9. The van der Waals surface area contributed by atoms with Crippen molar-refractivity contribution in [2.75, 3.05) is 6.54 Å². The Bertz CT molecular complexity index is 2110. The Morgan fingerprint density at radius 2 is 1.68 bits per heavy atom. The van der Waals surface area contributed by atoms with Crippen molar-refractivity contribution in [2.45, 2.75) is 145 Å². The molecule has 4 saturated carbocycles. The first-order valence-corrected chi connectivity index (χ1v) is 22.6. The van der Waals surface area contributed by atoms with Gasteiger partial charge in [0.05, 0.1) is 35.0 Å². The highest BCUT2D eigenvalue weighted by atomic mass is 32.2. The Morgan fingerprint density at radius 3 is 2.42 bits per heavy atom. The van der Waals surface area contributed by atoms with Crippen LogP contribution in [-0.4, -0.2) is 82.1 Å². The summed E-state index contributed by atoms with van der Waals surface area (Å²) in [7, 11) is -3.91. The number of hydrogen-bond acceptors (Lipinski definition) is 10. The van der Waals surface area contributed by atoms with Crippen LogP contribution in [0.25, 0.3) is 10.9 Å². The number of esters is 1. The molecule has 2 bridgehead atoms. The molecule has 0 spiro atoms. The van der Waals surface area contributed by atoms with E-state index in [4.69, 9.17) is 14.5 Å². The SMILES string of the molecule is C=C[C@@H]1C[C@]1(NC(=O)[C@@H]1C[C@@H]2CN1C(=O)[C@H](C1CCCC1)CC(=O)O[C@@H]1CCC[C@H]1CCCCCn1c(nc3cc(C)ccc3c1=O)O2)C(=O)NS(=O)(=O)C1CC1. The first-order chi connectivity index (χ1) is 27.4. The number of nitrogens with zero attached hydrogens (tertiary/aromatic N) is 3. The van der Waals surface area contributed by atoms with Crippen molar-refractivity contribution in [1.29, 1.82) is 0 Å². The van der Waals surface area contributed by atoms with E-state index in [1.54, 1.807) is 10.6 Å². The fourth-order valence-electron chi connectivity index (χ4n) is 9.91. The number of ether oxygens (including phenoxy) is 2. The molecule has 2 N–H and O–H groups in total. The fraction of sp³-hybridized carbons (Fsp3) is 0.667. The first-order valence-electron chi connectivity index (χ1n) is 21.1. The summed E-state index contributed by atoms with van der Waals surface area (Å²) in [6, 6.07) is 4.47. The van der Waals surface area contributed by atoms with Crippen molar-refractivity contribution in [1.82, 2.24) is 24.5 Å². The van der Waals surface area contributed by atoms with Gasteiger partial charge in [0.25, 0.3) is 17.5 Å². The average molecular weight is 806 g/mol. The van der Waals surface area contributed by atoms with Gasteiger partial charge >= 0.3 is 5.97 Å². The lowest BCUT2D eigenvalue weighted by Crippen LogP contribution is -2.57. The fourth-order valence-corrected chi connectivity index (χ4v) is 11.3. The van der Waals surface area contributed by atoms with Crippen LogP contribution in [0.15, 0.2) is 35.6 Å². The van der Waals surface area contributed by atoms with Crippen LogP contribution in [0, 0.1) is 30.6 Å². The number of benzene rings is 1. The standard InChI is InChI=1S/C42H55N5O9S/c1-3-28-23-42(28,40(52)45-57(53,54)30-16-17-30)44-37(49)34-21-29-24-47(34)39(51)32(26-10-6-7-11-26)22-36(48)56-35-14-9-13-27(35)12-5-4-8-19-46-38(50)31-18-15-25(2)20-33(31)43-41(46)55-29/h3,15,18,20,26-30,32,34-35H,1,4-14,16-17,19,21-24H2,2H3,(H,44,49)(H,45,52)/t27-,28-,29-,32+,34+,35-,42-/m1/s1. The summed E-state index contributed by atoms with van der Waals surface area (Å²) in [5.74, 6) is -3.31. The van der Waals surface area contributed by atoms with Gasteiger partial charge in [0.2, 0.25) is 21.8 Å². The van der Waals surface area contributed by atoms with E-state index in [-0.39, 0.29) is 61.2 Å². The molecule has 8 rings (SSSR count). The Labute approximate surface area is 333 Å². The number of rotatable bonds is 7. The lowest BCUT2D eigenvalue weighted by molar-refractivity contribution is -0.156. The molecule has 2 aromatic rings. The molecule has 7 atom stereocenters. The third kappa shape index (κ3) is 8.09. The minimum Gasteiger partial charge on any atom is -0.462 e. The summed E-state index contributed by atoms with van der Waals surface area (Å²) in [6.07, 6.45) is 11.0. The molecular weight excluding hydrogens is 751 g/mol. The quantitative estimate of drug-likeness (QED) is 0.304. The number of aromatic nitrogens is 2. The van der Waals surface area contributed by atoms with Crippen LogP contribution in [0.2, 0.25) is 0 Å². The lowest BCUT2D eigenvalue weighted by Gasteiger charge is -2.32. The van der Waals surface area contributed by atoms with E-state index < -0.39 is 62.6 Å². The van der Waals surface area contributed by atoms with E-state index >= 15 is 0 Å². The molecule has 0 unspecified atom stereocenters. The largest absolute Gasteiger partial charge is 0.462 e. The molecule has 308 valence electrons. The Hall–Kier alpha value is -4.27. The second-order valence-corrected chi connectivity index (χ2v) is 19.4. The molecule has 3 heterocycles. The van der Waals surface area contributed by atoms with Crippen LogP contribution in [0.3, 0.4) is 0 Å². The summed E-state index contributed by atoms with van der Waals surface area (Å²) in [4.78, 5) is 77.1. The third-order valence-electron chi connectivity index (χ3n) is 13.4. The zero-order valence-electron chi connectivity index (χ0n) is 32.8. The number of aryl methyl sites for hydroxylation is 1. The molecule has 14 nitrogen and oxygen atoms in total. The molecule has 1 aromatic carbocycles. The Kier molecular flexibility index (Phi) is 11.0. The summed E-state index contributed by atoms with van der Waals surface area (Å²) < 4.78 is 42.1. The van der Waals surface area contributed by atoms with Gasteiger partial charge in [-0.05, 0) is 101 Å². The molecule has 0 radical (unpaired) electrons. The van der Waals surface area contributed by atoms with Crippen LogP contribution < -0.4 is 20.3 Å². The summed E-state index contributed by atoms with van der Waals surface area (Å²) in [6.45, 7) is 6.07. The van der Waals surface area contributed by atoms with Gasteiger partial charge in [0.15, 0.2) is 0 Å². The number of carbonyl (C=O) groups excluding carboxylic acids is 4. The van der Waals surface area contributed by atoms with Crippen molar-refractivity contribution >= 4 is 44.6 Å². The van der Waals surface area contributed by atoms with Crippen molar-refractivity contribution in [3.8, 4) is 6.01 Å². The molecule has 57 heavy (non-hydrogen) atoms. The number of nitrogens with one attached hydrogen (secondary N) is 2. The zero-order chi connectivity index (χ0) is 40.1. The van der Waals surface area contributed by atoms with E-state index in [0.717, 1.165) is 69.8 Å². The Balaban J connectivity index is 1.14. The summed E-state index contributed by atoms with van der Waals surface area (Å²) in [5, 5.41) is 2.68. The topological polar surface area (TPSA) is 183 Å². The minimum absolute atomic E-state index is 0.0156. The van der Waals surface area contributed by atoms with Crippen molar-refractivity contribution in [3.05, 3.63) is 46.8 Å². The van der Waals surface area contributed by atoms with Gasteiger partial charge in [-0.25, -0.2) is 8.42 Å². The zero-order valence-corrected chi connectivity index (χ0v) is 33.6. The number of amides is 3. The van der Waals surface area contributed by atoms with Gasteiger partial charge in [-0.3, -0.25) is 33.3 Å². The van der Waals surface area contributed by atoms with Crippen LogP contribution >= 0.6 is 0 Å². The van der Waals surface area contributed by atoms with E-state index in [9.17, 15) is 32.4 Å². The molecule has 1 saturated heterocycles. The van der Waals surface area contributed by atoms with Gasteiger partial charge in [-0.15, -0.1) is 6.58 Å². The molecule has 5 fully saturated rings. The van der Waals surface area contributed by atoms with E-state index in [1.165, 1.54) is 11.0 Å². The predicted molar refractivity (Wildman–Crippen MR) is 210 cm³/mol. The van der Waals surface area contributed by atoms with Crippen LogP contribution in [0.4, 0.5) is 0 Å². The highest BCUT2D eigenvalue weighted by Gasteiger charge is 2.62. The van der Waals surface area contributed by atoms with Crippen molar-refractivity contribution in [3.63, 3.8) is 0 Å². The van der Waals surface area contributed by atoms with Gasteiger partial charge in [0, 0.05) is 18.9 Å². The van der Waals surface area contributed by atoms with Crippen LogP contribution in [0.5, 0.6) is 6.01 Å². The van der Waals surface area contributed by atoms with Gasteiger partial charge in [0.1, 0.15) is 23.8 Å². The van der Waals surface area contributed by atoms with Crippen LogP contribution in [-0.2, 0) is 40.5 Å². The molecule has 6 aliphatic rings. The number of fused-ring (bicyclic) bond motifs is 5. The number of hydrogen-bond donors (Lipinski definition) is 2. The number of carbonyl (C=O) groups is 4. The van der Waals surface area contributed by atoms with E-state index in [2.05, 4.69) is 16.6 Å². The molecule has 4 aliphatic carbocycles. The highest BCUT2D eigenvalue weighted by molar-refractivity contribution is 7.91. The van der Waals surface area contributed by atoms with Crippen molar-refractivity contribution < 1.29 is 37.1 Å². The first kappa shape index (κ1) is 39.6. The molecule has 2 aliphatic heterocycles. The smallest absolute Gasteiger partial charge is 0.306 e. The lowest BCUT2D eigenvalue weighted by atomic mass is 9.86. The monoisotopic (exact) mass is 805 g/mol. The molecular formula is C42H55N5O9S. The van der Waals surface area contributed by atoms with E-state index in [0.29, 0.717) is 36.7 Å². The van der Waals surface area contributed by atoms with E-state index in [1.807, 2.05) is 19.1 Å². The molecule has 1 aromatic heterocycles. The highest BCUT2D eigenvalue weighted by Crippen LogP contribution is 2.46. The molecule has 15 heteroatoms. The second-order valence-electron chi connectivity index (χ2n) is 17.5. The average Bonchev–Trinajstić information content (AvgIpc) is 3.96. The van der Waals surface area contributed by atoms with Crippen LogP contribution in [0.1, 0.15) is 108 Å². The minimum atomic E-state index is -3.91.